The number of fused-ring (bicyclic) bond motifs is 4. The molecule has 0 spiro atoms. The number of hydrogen-bond donors (Lipinski definition) is 1. The fourth-order valence-electron chi connectivity index (χ4n) is 8.19. The van der Waals surface area contributed by atoms with Crippen molar-refractivity contribution in [1.82, 2.24) is 34.5 Å². The summed E-state index contributed by atoms with van der Waals surface area (Å²) >= 11 is 3.48. The van der Waals surface area contributed by atoms with E-state index in [9.17, 15) is 14.4 Å². The average Bonchev–Trinajstić information content (AvgIpc) is 3.50. The molecule has 3 aromatic heterocycles. The van der Waals surface area contributed by atoms with Gasteiger partial charge in [-0.3, -0.25) is 24.0 Å². The van der Waals surface area contributed by atoms with E-state index in [1.54, 1.807) is 22.0 Å². The van der Waals surface area contributed by atoms with Crippen LogP contribution < -0.4 is 5.32 Å². The van der Waals surface area contributed by atoms with Crippen LogP contribution in [0.4, 0.5) is 5.82 Å². The van der Waals surface area contributed by atoms with Gasteiger partial charge in [-0.25, -0.2) is 15.0 Å². The first kappa shape index (κ1) is 30.3. The maximum atomic E-state index is 14.1. The molecular formula is C35H37BrN8O3. The Bertz CT molecular complexity index is 1940. The summed E-state index contributed by atoms with van der Waals surface area (Å²) < 4.78 is 2.24. The molecule has 12 heteroatoms. The molecule has 0 radical (unpaired) electrons. The van der Waals surface area contributed by atoms with E-state index >= 15 is 0 Å². The number of pyridine rings is 1. The molecule has 1 aromatic carbocycles. The third-order valence-corrected chi connectivity index (χ3v) is 11.2. The standard InChI is InChI=1S/C35H37BrN8O3/c1-19(45)32-26-11-22(24-14-37-20(2)38-15-24)5-8-27(26)43(41-32)18-31(46)44-28(12-35(3)13-29(35)44)34(47)40-33-23(6-9-30(36)39-33)17-42-16-21-4-7-25(42)10-21/h5-6,8-9,11,14-15,21,25,28-29H,4,7,10,12-13,16-18H2,1-3H3,(H,39,40,47)/t21?,25?,28-,29+,35-/m0/s1. The Hall–Kier alpha value is -4.03. The Morgan fingerprint density at radius 1 is 1.06 bits per heavy atom. The Kier molecular flexibility index (Phi) is 7.29. The van der Waals surface area contributed by atoms with Gasteiger partial charge in [0.1, 0.15) is 34.5 Å². The van der Waals surface area contributed by atoms with Crippen molar-refractivity contribution in [1.29, 1.82) is 0 Å². The molecule has 4 fully saturated rings. The normalized spacial score (nSPS) is 26.2. The van der Waals surface area contributed by atoms with Crippen molar-refractivity contribution in [3.63, 3.8) is 0 Å². The Labute approximate surface area is 281 Å². The number of aryl methyl sites for hydroxylation is 1. The summed E-state index contributed by atoms with van der Waals surface area (Å²) in [5, 5.41) is 8.37. The highest BCUT2D eigenvalue weighted by molar-refractivity contribution is 9.10. The number of anilines is 1. The predicted molar refractivity (Wildman–Crippen MR) is 179 cm³/mol. The zero-order valence-electron chi connectivity index (χ0n) is 26.7. The minimum atomic E-state index is -0.620. The number of hydrogen-bond acceptors (Lipinski definition) is 8. The molecule has 2 unspecified atom stereocenters. The van der Waals surface area contributed by atoms with E-state index in [0.717, 1.165) is 42.1 Å². The van der Waals surface area contributed by atoms with Crippen LogP contribution in [0.15, 0.2) is 47.3 Å². The van der Waals surface area contributed by atoms with E-state index < -0.39 is 6.04 Å². The Morgan fingerprint density at radius 2 is 1.87 bits per heavy atom. The van der Waals surface area contributed by atoms with Crippen LogP contribution in [-0.4, -0.2) is 76.8 Å². The van der Waals surface area contributed by atoms with Crippen LogP contribution in [0.5, 0.6) is 0 Å². The van der Waals surface area contributed by atoms with E-state index in [4.69, 9.17) is 0 Å². The maximum absolute atomic E-state index is 14.1. The summed E-state index contributed by atoms with van der Waals surface area (Å²) in [7, 11) is 0. The highest BCUT2D eigenvalue weighted by Gasteiger charge is 2.64. The fraction of sp³-hybridized carbons (Fsp3) is 0.457. The molecule has 8 rings (SSSR count). The molecule has 47 heavy (non-hydrogen) atoms. The van der Waals surface area contributed by atoms with Gasteiger partial charge >= 0.3 is 0 Å². The number of halogens is 1. The van der Waals surface area contributed by atoms with Gasteiger partial charge in [0.15, 0.2) is 5.78 Å². The predicted octanol–water partition coefficient (Wildman–Crippen LogP) is 5.16. The number of carbonyl (C=O) groups is 3. The van der Waals surface area contributed by atoms with Crippen molar-refractivity contribution in [2.24, 2.45) is 11.3 Å². The second-order valence-electron chi connectivity index (χ2n) is 14.1. The summed E-state index contributed by atoms with van der Waals surface area (Å²) in [5.74, 6) is 1.39. The molecule has 2 bridgehead atoms. The number of piperidine rings is 2. The zero-order valence-corrected chi connectivity index (χ0v) is 28.3. The van der Waals surface area contributed by atoms with E-state index in [1.165, 1.54) is 26.2 Å². The molecule has 4 aromatic rings. The van der Waals surface area contributed by atoms with Crippen molar-refractivity contribution in [2.75, 3.05) is 11.9 Å². The highest BCUT2D eigenvalue weighted by atomic mass is 79.9. The van der Waals surface area contributed by atoms with Crippen molar-refractivity contribution in [2.45, 2.75) is 84.1 Å². The molecule has 4 aliphatic rings. The molecule has 11 nitrogen and oxygen atoms in total. The lowest BCUT2D eigenvalue weighted by Gasteiger charge is -2.29. The topological polar surface area (TPSA) is 126 Å². The van der Waals surface area contributed by atoms with Gasteiger partial charge in [0, 0.05) is 61.0 Å². The summed E-state index contributed by atoms with van der Waals surface area (Å²) in [6.45, 7) is 7.20. The molecule has 2 saturated heterocycles. The molecule has 242 valence electrons. The minimum absolute atomic E-state index is 0.0110. The number of carbonyl (C=O) groups excluding carboxylic acids is 3. The largest absolute Gasteiger partial charge is 0.325 e. The number of aromatic nitrogens is 5. The number of likely N-dealkylation sites (tertiary alicyclic amines) is 2. The Morgan fingerprint density at radius 3 is 2.60 bits per heavy atom. The van der Waals surface area contributed by atoms with Crippen LogP contribution in [0.3, 0.4) is 0 Å². The third-order valence-electron chi connectivity index (χ3n) is 10.8. The third kappa shape index (κ3) is 5.44. The number of nitrogens with zero attached hydrogens (tertiary/aromatic N) is 7. The highest BCUT2D eigenvalue weighted by Crippen LogP contribution is 2.59. The first-order valence-corrected chi connectivity index (χ1v) is 17.2. The van der Waals surface area contributed by atoms with Crippen molar-refractivity contribution >= 4 is 50.2 Å². The summed E-state index contributed by atoms with van der Waals surface area (Å²) in [6, 6.07) is 9.61. The van der Waals surface area contributed by atoms with Crippen LogP contribution in [-0.2, 0) is 22.7 Å². The van der Waals surface area contributed by atoms with Gasteiger partial charge in [-0.15, -0.1) is 0 Å². The van der Waals surface area contributed by atoms with Gasteiger partial charge in [-0.1, -0.05) is 19.1 Å². The minimum Gasteiger partial charge on any atom is -0.325 e. The number of rotatable bonds is 8. The number of benzene rings is 1. The molecule has 2 aliphatic carbocycles. The first-order chi connectivity index (χ1) is 22.6. The lowest BCUT2D eigenvalue weighted by atomic mass is 10.0. The second-order valence-corrected chi connectivity index (χ2v) is 14.9. The second kappa shape index (κ2) is 11.3. The molecule has 2 amide bonds. The number of nitrogens with one attached hydrogen (secondary N) is 1. The first-order valence-electron chi connectivity index (χ1n) is 16.4. The van der Waals surface area contributed by atoms with Gasteiger partial charge in [0.25, 0.3) is 0 Å². The molecule has 1 N–H and O–H groups in total. The zero-order chi connectivity index (χ0) is 32.6. The van der Waals surface area contributed by atoms with E-state index in [1.807, 2.05) is 37.3 Å². The molecule has 2 aliphatic heterocycles. The molecule has 5 heterocycles. The van der Waals surface area contributed by atoms with Crippen LogP contribution >= 0.6 is 15.9 Å². The maximum Gasteiger partial charge on any atom is 0.248 e. The van der Waals surface area contributed by atoms with Crippen LogP contribution in [0, 0.1) is 18.3 Å². The van der Waals surface area contributed by atoms with Crippen LogP contribution in [0.2, 0.25) is 0 Å². The summed E-state index contributed by atoms with van der Waals surface area (Å²) in [5.41, 5.74) is 3.55. The van der Waals surface area contributed by atoms with Crippen LogP contribution in [0.1, 0.15) is 67.8 Å². The van der Waals surface area contributed by atoms with E-state index in [0.29, 0.717) is 45.3 Å². The van der Waals surface area contributed by atoms with Gasteiger partial charge in [-0.05, 0) is 90.1 Å². The summed E-state index contributed by atoms with van der Waals surface area (Å²) in [4.78, 5) is 58.2. The van der Waals surface area contributed by atoms with Gasteiger partial charge in [-0.2, -0.15) is 5.10 Å². The number of Topliss-reactive ketones (excluding diaryl/α,β-unsaturated/α-hetero) is 1. The quantitative estimate of drug-likeness (QED) is 0.198. The van der Waals surface area contributed by atoms with Crippen molar-refractivity contribution in [3.05, 3.63) is 64.4 Å². The number of amides is 2. The number of ketones is 1. The average molecular weight is 698 g/mol. The molecule has 5 atom stereocenters. The van der Waals surface area contributed by atoms with Gasteiger partial charge in [0.2, 0.25) is 11.8 Å². The Balaban J connectivity index is 1.04. The van der Waals surface area contributed by atoms with Gasteiger partial charge < -0.3 is 10.2 Å². The lowest BCUT2D eigenvalue weighted by Crippen LogP contribution is -2.47. The van der Waals surface area contributed by atoms with E-state index in [-0.39, 0.29) is 35.6 Å². The van der Waals surface area contributed by atoms with E-state index in [2.05, 4.69) is 53.1 Å². The fourth-order valence-corrected chi connectivity index (χ4v) is 8.50. The van der Waals surface area contributed by atoms with Crippen molar-refractivity contribution < 1.29 is 14.4 Å². The van der Waals surface area contributed by atoms with Crippen molar-refractivity contribution in [3.8, 4) is 11.1 Å². The summed E-state index contributed by atoms with van der Waals surface area (Å²) in [6.07, 6.45) is 8.75. The van der Waals surface area contributed by atoms with Gasteiger partial charge in [0.05, 0.1) is 5.52 Å². The smallest absolute Gasteiger partial charge is 0.248 e. The SMILES string of the molecule is CC(=O)c1nn(CC(=O)N2[C@H](C(=O)Nc3nc(Br)ccc3CN3CC4CCC3C4)C[C@@]3(C)C[C@@H]23)c2ccc(-c3cnc(C)nc3)cc12. The monoisotopic (exact) mass is 696 g/mol. The van der Waals surface area contributed by atoms with Crippen LogP contribution in [0.25, 0.3) is 22.0 Å². The molecule has 2 saturated carbocycles. The lowest BCUT2D eigenvalue weighted by molar-refractivity contribution is -0.138. The molecular weight excluding hydrogens is 660 g/mol.